The van der Waals surface area contributed by atoms with E-state index in [9.17, 15) is 14.7 Å². The summed E-state index contributed by atoms with van der Waals surface area (Å²) in [7, 11) is 0. The Kier molecular flexibility index (Phi) is 4.06. The smallest absolute Gasteiger partial charge is 0.289 e. The summed E-state index contributed by atoms with van der Waals surface area (Å²) in [6.07, 6.45) is 1.47. The summed E-state index contributed by atoms with van der Waals surface area (Å²) in [6.45, 7) is 3.60. The average Bonchev–Trinajstić information content (AvgIpc) is 3.08. The van der Waals surface area contributed by atoms with Gasteiger partial charge >= 0.3 is 0 Å². The van der Waals surface area contributed by atoms with Gasteiger partial charge in [-0.15, -0.1) is 0 Å². The molecule has 2 aromatic rings. The predicted octanol–water partition coefficient (Wildman–Crippen LogP) is 1.89. The van der Waals surface area contributed by atoms with E-state index in [1.807, 2.05) is 6.92 Å². The number of benzene rings is 1. The molecule has 2 amide bonds. The molecule has 2 heterocycles. The van der Waals surface area contributed by atoms with E-state index >= 15 is 0 Å². The molecule has 1 N–H and O–H groups in total. The minimum atomic E-state index is -0.215. The van der Waals surface area contributed by atoms with Gasteiger partial charge in [0, 0.05) is 26.2 Å². The second-order valence-corrected chi connectivity index (χ2v) is 5.58. The standard InChI is InChI=1S/C17H18N2O4/c1-12-4-5-13(14(20)11-12)16(21)18-6-8-19(9-7-18)17(22)15-3-2-10-23-15/h2-5,10-11,20H,6-9H2,1H3. The van der Waals surface area contributed by atoms with E-state index in [0.29, 0.717) is 37.5 Å². The van der Waals surface area contributed by atoms with E-state index in [-0.39, 0.29) is 17.6 Å². The van der Waals surface area contributed by atoms with Crippen LogP contribution in [0.4, 0.5) is 0 Å². The molecule has 120 valence electrons. The van der Waals surface area contributed by atoms with Crippen LogP contribution in [-0.4, -0.2) is 52.9 Å². The summed E-state index contributed by atoms with van der Waals surface area (Å²) >= 11 is 0. The molecule has 1 fully saturated rings. The number of rotatable bonds is 2. The highest BCUT2D eigenvalue weighted by molar-refractivity contribution is 5.97. The maximum atomic E-state index is 12.5. The van der Waals surface area contributed by atoms with Crippen molar-refractivity contribution >= 4 is 11.8 Å². The monoisotopic (exact) mass is 314 g/mol. The van der Waals surface area contributed by atoms with E-state index in [4.69, 9.17) is 4.42 Å². The molecule has 1 aromatic carbocycles. The average molecular weight is 314 g/mol. The van der Waals surface area contributed by atoms with Gasteiger partial charge in [-0.05, 0) is 36.8 Å². The molecule has 0 unspecified atom stereocenters. The number of hydrogen-bond donors (Lipinski definition) is 1. The number of carbonyl (C=O) groups is 2. The van der Waals surface area contributed by atoms with Crippen LogP contribution in [0.5, 0.6) is 5.75 Å². The van der Waals surface area contributed by atoms with E-state index in [1.54, 1.807) is 40.1 Å². The molecule has 1 saturated heterocycles. The van der Waals surface area contributed by atoms with Crippen molar-refractivity contribution in [3.05, 3.63) is 53.5 Å². The molecule has 1 aliphatic rings. The van der Waals surface area contributed by atoms with Gasteiger partial charge in [0.2, 0.25) is 0 Å². The third-order valence-corrected chi connectivity index (χ3v) is 3.97. The fraction of sp³-hybridized carbons (Fsp3) is 0.294. The second kappa shape index (κ2) is 6.16. The van der Waals surface area contributed by atoms with Crippen LogP contribution in [0.1, 0.15) is 26.5 Å². The molecule has 0 atom stereocenters. The number of nitrogens with zero attached hydrogens (tertiary/aromatic N) is 2. The third kappa shape index (κ3) is 3.06. The SMILES string of the molecule is Cc1ccc(C(=O)N2CCN(C(=O)c3ccco3)CC2)c(O)c1. The Morgan fingerprint density at radius 2 is 1.70 bits per heavy atom. The van der Waals surface area contributed by atoms with Crippen LogP contribution >= 0.6 is 0 Å². The molecule has 0 radical (unpaired) electrons. The quantitative estimate of drug-likeness (QED) is 0.918. The van der Waals surface area contributed by atoms with Crippen LogP contribution in [0.3, 0.4) is 0 Å². The van der Waals surface area contributed by atoms with Crippen LogP contribution in [0, 0.1) is 6.92 Å². The van der Waals surface area contributed by atoms with Crippen LogP contribution in [0.25, 0.3) is 0 Å². The van der Waals surface area contributed by atoms with Crippen LogP contribution in [0.15, 0.2) is 41.0 Å². The summed E-state index contributed by atoms with van der Waals surface area (Å²) in [5.74, 6) is -0.0853. The first-order valence-electron chi connectivity index (χ1n) is 7.48. The second-order valence-electron chi connectivity index (χ2n) is 5.58. The first-order valence-corrected chi connectivity index (χ1v) is 7.48. The lowest BCUT2D eigenvalue weighted by Crippen LogP contribution is -2.50. The van der Waals surface area contributed by atoms with Gasteiger partial charge in [0.25, 0.3) is 11.8 Å². The fourth-order valence-corrected chi connectivity index (χ4v) is 2.66. The first kappa shape index (κ1) is 15.1. The fourth-order valence-electron chi connectivity index (χ4n) is 2.66. The number of furan rings is 1. The summed E-state index contributed by atoms with van der Waals surface area (Å²) in [6, 6.07) is 8.30. The highest BCUT2D eigenvalue weighted by Crippen LogP contribution is 2.21. The molecule has 3 rings (SSSR count). The molecule has 6 heteroatoms. The summed E-state index contributed by atoms with van der Waals surface area (Å²) in [5, 5.41) is 9.93. The van der Waals surface area contributed by atoms with Gasteiger partial charge in [0.15, 0.2) is 5.76 Å². The Hall–Kier alpha value is -2.76. The summed E-state index contributed by atoms with van der Waals surface area (Å²) in [5.41, 5.74) is 1.19. The van der Waals surface area contributed by atoms with Gasteiger partial charge in [-0.1, -0.05) is 6.07 Å². The van der Waals surface area contributed by atoms with Crippen molar-refractivity contribution in [2.75, 3.05) is 26.2 Å². The minimum Gasteiger partial charge on any atom is -0.507 e. The van der Waals surface area contributed by atoms with Crippen molar-refractivity contribution in [2.24, 2.45) is 0 Å². The van der Waals surface area contributed by atoms with E-state index in [2.05, 4.69) is 0 Å². The minimum absolute atomic E-state index is 0.0101. The number of piperazine rings is 1. The zero-order valence-electron chi connectivity index (χ0n) is 12.9. The number of amides is 2. The van der Waals surface area contributed by atoms with E-state index in [0.717, 1.165) is 5.56 Å². The maximum Gasteiger partial charge on any atom is 0.289 e. The lowest BCUT2D eigenvalue weighted by Gasteiger charge is -2.34. The first-order chi connectivity index (χ1) is 11.1. The Labute approximate surface area is 133 Å². The van der Waals surface area contributed by atoms with Gasteiger partial charge in [0.05, 0.1) is 11.8 Å². The summed E-state index contributed by atoms with van der Waals surface area (Å²) < 4.78 is 5.11. The lowest BCUT2D eigenvalue weighted by atomic mass is 10.1. The van der Waals surface area contributed by atoms with Crippen molar-refractivity contribution in [1.29, 1.82) is 0 Å². The topological polar surface area (TPSA) is 74.0 Å². The van der Waals surface area contributed by atoms with Crippen molar-refractivity contribution in [3.8, 4) is 5.75 Å². The van der Waals surface area contributed by atoms with Crippen LogP contribution < -0.4 is 0 Å². The molecular formula is C17H18N2O4. The van der Waals surface area contributed by atoms with Crippen molar-refractivity contribution in [3.63, 3.8) is 0 Å². The normalized spacial score (nSPS) is 14.8. The Balaban J connectivity index is 1.64. The van der Waals surface area contributed by atoms with Gasteiger partial charge in [0.1, 0.15) is 5.75 Å². The molecule has 1 aliphatic heterocycles. The molecule has 0 bridgehead atoms. The van der Waals surface area contributed by atoms with Gasteiger partial charge in [-0.2, -0.15) is 0 Å². The molecule has 6 nitrogen and oxygen atoms in total. The maximum absolute atomic E-state index is 12.5. The van der Waals surface area contributed by atoms with Gasteiger partial charge in [-0.25, -0.2) is 0 Å². The number of phenols is 1. The number of aromatic hydroxyl groups is 1. The zero-order valence-corrected chi connectivity index (χ0v) is 12.9. The molecule has 23 heavy (non-hydrogen) atoms. The lowest BCUT2D eigenvalue weighted by molar-refractivity contribution is 0.0516. The van der Waals surface area contributed by atoms with E-state index in [1.165, 1.54) is 6.26 Å². The highest BCUT2D eigenvalue weighted by Gasteiger charge is 2.27. The van der Waals surface area contributed by atoms with Crippen LogP contribution in [-0.2, 0) is 0 Å². The largest absolute Gasteiger partial charge is 0.507 e. The van der Waals surface area contributed by atoms with Crippen LogP contribution in [0.2, 0.25) is 0 Å². The summed E-state index contributed by atoms with van der Waals surface area (Å²) in [4.78, 5) is 28.0. The van der Waals surface area contributed by atoms with Gasteiger partial charge < -0.3 is 19.3 Å². The molecule has 1 aromatic heterocycles. The van der Waals surface area contributed by atoms with Crippen molar-refractivity contribution in [1.82, 2.24) is 9.80 Å². The Morgan fingerprint density at radius 3 is 2.26 bits per heavy atom. The van der Waals surface area contributed by atoms with Crippen molar-refractivity contribution < 1.29 is 19.1 Å². The number of hydrogen-bond acceptors (Lipinski definition) is 4. The Bertz CT molecular complexity index is 716. The predicted molar refractivity (Wildman–Crippen MR) is 83.4 cm³/mol. The molecule has 0 aliphatic carbocycles. The van der Waals surface area contributed by atoms with Crippen molar-refractivity contribution in [2.45, 2.75) is 6.92 Å². The molecule has 0 saturated carbocycles. The number of phenolic OH excluding ortho intramolecular Hbond substituents is 1. The number of aryl methyl sites for hydroxylation is 1. The van der Waals surface area contributed by atoms with Gasteiger partial charge in [-0.3, -0.25) is 9.59 Å². The Morgan fingerprint density at radius 1 is 1.04 bits per heavy atom. The molecule has 0 spiro atoms. The highest BCUT2D eigenvalue weighted by atomic mass is 16.3. The van der Waals surface area contributed by atoms with E-state index < -0.39 is 0 Å². The molecular weight excluding hydrogens is 296 g/mol. The zero-order chi connectivity index (χ0) is 16.4. The third-order valence-electron chi connectivity index (χ3n) is 3.97. The number of carbonyl (C=O) groups excluding carboxylic acids is 2.